The lowest BCUT2D eigenvalue weighted by Crippen LogP contribution is -2.39. The lowest BCUT2D eigenvalue weighted by atomic mass is 9.86. The first-order valence-electron chi connectivity index (χ1n) is 5.80. The molecule has 18 heavy (non-hydrogen) atoms. The van der Waals surface area contributed by atoms with Crippen LogP contribution in [0.3, 0.4) is 0 Å². The van der Waals surface area contributed by atoms with Gasteiger partial charge in [-0.1, -0.05) is 0 Å². The minimum Gasteiger partial charge on any atom is -0.458 e. The van der Waals surface area contributed by atoms with Crippen LogP contribution < -0.4 is 5.32 Å². The number of fused-ring (bicyclic) bond motifs is 1. The molecule has 2 rings (SSSR count). The summed E-state index contributed by atoms with van der Waals surface area (Å²) in [4.78, 5) is 33.6. The smallest absolute Gasteiger partial charge is 0.303 e. The number of ether oxygens (including phenoxy) is 2. The average Bonchev–Trinajstić information content (AvgIpc) is 2.59. The van der Waals surface area contributed by atoms with Crippen molar-refractivity contribution in [2.75, 3.05) is 6.54 Å². The lowest BCUT2D eigenvalue weighted by molar-refractivity contribution is -0.163. The molecule has 6 nitrogen and oxygen atoms in total. The van der Waals surface area contributed by atoms with Gasteiger partial charge in [-0.3, -0.25) is 14.4 Å². The Labute approximate surface area is 104 Å². The molecule has 98 valence electrons. The van der Waals surface area contributed by atoms with Crippen LogP contribution in [0.2, 0.25) is 0 Å². The summed E-state index contributed by atoms with van der Waals surface area (Å²) >= 11 is 0. The van der Waals surface area contributed by atoms with E-state index in [1.54, 1.807) is 6.08 Å². The first kappa shape index (κ1) is 12.6. The molecule has 1 fully saturated rings. The maximum Gasteiger partial charge on any atom is 0.303 e. The Morgan fingerprint density at radius 1 is 1.28 bits per heavy atom. The normalized spacial score (nSPS) is 30.0. The average molecular weight is 253 g/mol. The number of esters is 2. The van der Waals surface area contributed by atoms with Gasteiger partial charge in [0.1, 0.15) is 6.10 Å². The topological polar surface area (TPSA) is 81.7 Å². The zero-order chi connectivity index (χ0) is 13.3. The third-order valence-corrected chi connectivity index (χ3v) is 3.06. The van der Waals surface area contributed by atoms with Gasteiger partial charge in [0.15, 0.2) is 6.10 Å². The number of amides is 1. The van der Waals surface area contributed by atoms with Crippen molar-refractivity contribution in [1.82, 2.24) is 5.32 Å². The SMILES string of the molecule is CC(=O)OC1C=C2CNC(=O)C2CC1OC(C)=O. The zero-order valence-electron chi connectivity index (χ0n) is 10.3. The molecule has 0 bridgehead atoms. The molecule has 6 heteroatoms. The predicted molar refractivity (Wildman–Crippen MR) is 60.3 cm³/mol. The van der Waals surface area contributed by atoms with Crippen molar-refractivity contribution in [1.29, 1.82) is 0 Å². The van der Waals surface area contributed by atoms with E-state index in [0.29, 0.717) is 13.0 Å². The Balaban J connectivity index is 2.19. The van der Waals surface area contributed by atoms with Gasteiger partial charge in [-0.15, -0.1) is 0 Å². The maximum absolute atomic E-state index is 11.6. The van der Waals surface area contributed by atoms with Crippen LogP contribution in [0.1, 0.15) is 20.3 Å². The number of nitrogens with one attached hydrogen (secondary N) is 1. The highest BCUT2D eigenvalue weighted by atomic mass is 16.6. The second-order valence-corrected chi connectivity index (χ2v) is 4.47. The van der Waals surface area contributed by atoms with Crippen LogP contribution >= 0.6 is 0 Å². The second kappa shape index (κ2) is 4.80. The van der Waals surface area contributed by atoms with Gasteiger partial charge < -0.3 is 14.8 Å². The van der Waals surface area contributed by atoms with Crippen molar-refractivity contribution in [3.8, 4) is 0 Å². The quantitative estimate of drug-likeness (QED) is 0.550. The Bertz CT molecular complexity index is 428. The van der Waals surface area contributed by atoms with E-state index in [0.717, 1.165) is 5.57 Å². The van der Waals surface area contributed by atoms with Crippen molar-refractivity contribution >= 4 is 17.8 Å². The monoisotopic (exact) mass is 253 g/mol. The highest BCUT2D eigenvalue weighted by Crippen LogP contribution is 2.31. The molecule has 0 radical (unpaired) electrons. The first-order chi connectivity index (χ1) is 8.47. The van der Waals surface area contributed by atoms with Gasteiger partial charge in [-0.05, 0) is 11.6 Å². The van der Waals surface area contributed by atoms with Crippen molar-refractivity contribution in [2.45, 2.75) is 32.5 Å². The molecule has 1 N–H and O–H groups in total. The summed E-state index contributed by atoms with van der Waals surface area (Å²) in [7, 11) is 0. The second-order valence-electron chi connectivity index (χ2n) is 4.47. The van der Waals surface area contributed by atoms with E-state index in [2.05, 4.69) is 5.32 Å². The Morgan fingerprint density at radius 3 is 2.56 bits per heavy atom. The molecule has 1 aliphatic heterocycles. The molecule has 0 aromatic carbocycles. The van der Waals surface area contributed by atoms with Crippen LogP contribution in [0.25, 0.3) is 0 Å². The minimum atomic E-state index is -0.606. The third-order valence-electron chi connectivity index (χ3n) is 3.06. The summed E-state index contributed by atoms with van der Waals surface area (Å²) in [6, 6.07) is 0. The van der Waals surface area contributed by atoms with E-state index < -0.39 is 24.1 Å². The fraction of sp³-hybridized carbons (Fsp3) is 0.583. The summed E-state index contributed by atoms with van der Waals surface area (Å²) in [6.07, 6.45) is 0.866. The number of hydrogen-bond acceptors (Lipinski definition) is 5. The molecule has 1 heterocycles. The zero-order valence-corrected chi connectivity index (χ0v) is 10.3. The molecule has 1 aliphatic carbocycles. The summed E-state index contributed by atoms with van der Waals surface area (Å²) in [5, 5.41) is 2.72. The molecule has 0 aromatic rings. The maximum atomic E-state index is 11.6. The van der Waals surface area contributed by atoms with Crippen LogP contribution in [-0.2, 0) is 23.9 Å². The molecule has 1 amide bonds. The van der Waals surface area contributed by atoms with E-state index in [1.807, 2.05) is 0 Å². The highest BCUT2D eigenvalue weighted by Gasteiger charge is 2.41. The fourth-order valence-electron chi connectivity index (χ4n) is 2.35. The predicted octanol–water partition coefficient (Wildman–Crippen LogP) is -0.0741. The van der Waals surface area contributed by atoms with Crippen LogP contribution in [0.4, 0.5) is 0 Å². The van der Waals surface area contributed by atoms with Gasteiger partial charge in [0.05, 0.1) is 5.92 Å². The van der Waals surface area contributed by atoms with Crippen molar-refractivity contribution in [3.05, 3.63) is 11.6 Å². The molecule has 1 saturated heterocycles. The first-order valence-corrected chi connectivity index (χ1v) is 5.80. The van der Waals surface area contributed by atoms with Crippen LogP contribution in [-0.4, -0.2) is 36.6 Å². The Morgan fingerprint density at radius 2 is 1.94 bits per heavy atom. The highest BCUT2D eigenvalue weighted by molar-refractivity contribution is 5.85. The van der Waals surface area contributed by atoms with E-state index in [1.165, 1.54) is 13.8 Å². The molecule has 0 aromatic heterocycles. The molecule has 3 atom stereocenters. The minimum absolute atomic E-state index is 0.0697. The number of hydrogen-bond donors (Lipinski definition) is 1. The largest absolute Gasteiger partial charge is 0.458 e. The van der Waals surface area contributed by atoms with E-state index >= 15 is 0 Å². The molecular weight excluding hydrogens is 238 g/mol. The standard InChI is InChI=1S/C12H15NO5/c1-6(14)17-10-3-8-5-13-12(16)9(8)4-11(10)18-7(2)15/h3,9-11H,4-5H2,1-2H3,(H,13,16). The van der Waals surface area contributed by atoms with Crippen molar-refractivity contribution < 1.29 is 23.9 Å². The lowest BCUT2D eigenvalue weighted by Gasteiger charge is -2.30. The Hall–Kier alpha value is -1.85. The van der Waals surface area contributed by atoms with E-state index in [9.17, 15) is 14.4 Å². The van der Waals surface area contributed by atoms with Crippen LogP contribution in [0.15, 0.2) is 11.6 Å². The van der Waals surface area contributed by atoms with E-state index in [4.69, 9.17) is 9.47 Å². The van der Waals surface area contributed by atoms with Crippen LogP contribution in [0.5, 0.6) is 0 Å². The van der Waals surface area contributed by atoms with Gasteiger partial charge in [-0.25, -0.2) is 0 Å². The van der Waals surface area contributed by atoms with Gasteiger partial charge >= 0.3 is 11.9 Å². The third kappa shape index (κ3) is 2.52. The summed E-state index contributed by atoms with van der Waals surface area (Å²) in [5.74, 6) is -1.24. The number of carbonyl (C=O) groups is 3. The van der Waals surface area contributed by atoms with Gasteiger partial charge in [0.2, 0.25) is 5.91 Å². The van der Waals surface area contributed by atoms with Crippen LogP contribution in [0, 0.1) is 5.92 Å². The van der Waals surface area contributed by atoms with Gasteiger partial charge in [0.25, 0.3) is 0 Å². The van der Waals surface area contributed by atoms with E-state index in [-0.39, 0.29) is 11.8 Å². The Kier molecular flexibility index (Phi) is 3.36. The fourth-order valence-corrected chi connectivity index (χ4v) is 2.35. The number of carbonyl (C=O) groups excluding carboxylic acids is 3. The number of rotatable bonds is 2. The molecule has 0 saturated carbocycles. The van der Waals surface area contributed by atoms with Crippen molar-refractivity contribution in [3.63, 3.8) is 0 Å². The summed E-state index contributed by atoms with van der Waals surface area (Å²) in [6.45, 7) is 3.06. The molecular formula is C12H15NO5. The molecule has 0 spiro atoms. The molecule has 3 unspecified atom stereocenters. The molecule has 2 aliphatic rings. The summed E-state index contributed by atoms with van der Waals surface area (Å²) < 4.78 is 10.2. The summed E-state index contributed by atoms with van der Waals surface area (Å²) in [5.41, 5.74) is 0.898. The van der Waals surface area contributed by atoms with Crippen molar-refractivity contribution in [2.24, 2.45) is 5.92 Å². The van der Waals surface area contributed by atoms with Gasteiger partial charge in [-0.2, -0.15) is 0 Å². The van der Waals surface area contributed by atoms with Gasteiger partial charge in [0, 0.05) is 26.8 Å².